The van der Waals surface area contributed by atoms with Crippen molar-refractivity contribution < 1.29 is 4.79 Å². The molecule has 0 radical (unpaired) electrons. The SMILES string of the molecule is CCSc1nnc(NC(=O)c2nn(-c3ccc(Br)cc3)ccc2=O)s1. The van der Waals surface area contributed by atoms with Crippen molar-refractivity contribution in [3.8, 4) is 5.69 Å². The molecule has 0 unspecified atom stereocenters. The molecule has 2 aromatic heterocycles. The van der Waals surface area contributed by atoms with Crippen LogP contribution >= 0.6 is 39.0 Å². The number of carbonyl (C=O) groups excluding carboxylic acids is 1. The Labute approximate surface area is 159 Å². The lowest BCUT2D eigenvalue weighted by Gasteiger charge is -2.07. The van der Waals surface area contributed by atoms with Crippen LogP contribution in [0.5, 0.6) is 0 Å². The maximum atomic E-state index is 12.4. The number of hydrogen-bond donors (Lipinski definition) is 1. The van der Waals surface area contributed by atoms with Gasteiger partial charge in [-0.1, -0.05) is 46.0 Å². The molecule has 10 heteroatoms. The van der Waals surface area contributed by atoms with Crippen LogP contribution in [0.25, 0.3) is 5.69 Å². The van der Waals surface area contributed by atoms with E-state index in [2.05, 4.69) is 36.5 Å². The number of hydrogen-bond acceptors (Lipinski definition) is 7. The average molecular weight is 438 g/mol. The summed E-state index contributed by atoms with van der Waals surface area (Å²) in [6.45, 7) is 2.00. The molecule has 0 aliphatic carbocycles. The summed E-state index contributed by atoms with van der Waals surface area (Å²) in [5.41, 5.74) is 0.0682. The summed E-state index contributed by atoms with van der Waals surface area (Å²) in [5.74, 6) is 0.251. The van der Waals surface area contributed by atoms with Crippen LogP contribution in [0, 0.1) is 0 Å². The molecule has 0 saturated carbocycles. The van der Waals surface area contributed by atoms with E-state index in [1.165, 1.54) is 40.0 Å². The van der Waals surface area contributed by atoms with Crippen molar-refractivity contribution >= 4 is 50.1 Å². The van der Waals surface area contributed by atoms with Gasteiger partial charge in [0.1, 0.15) is 0 Å². The Kier molecular flexibility index (Phi) is 5.61. The van der Waals surface area contributed by atoms with Crippen molar-refractivity contribution in [2.24, 2.45) is 0 Å². The Morgan fingerprint density at radius 3 is 2.76 bits per heavy atom. The lowest BCUT2D eigenvalue weighted by Crippen LogP contribution is -2.25. The second-order valence-electron chi connectivity index (χ2n) is 4.71. The van der Waals surface area contributed by atoms with E-state index in [1.54, 1.807) is 0 Å². The molecule has 128 valence electrons. The average Bonchev–Trinajstić information content (AvgIpc) is 3.03. The summed E-state index contributed by atoms with van der Waals surface area (Å²) in [7, 11) is 0. The fourth-order valence-electron chi connectivity index (χ4n) is 1.90. The maximum Gasteiger partial charge on any atom is 0.282 e. The highest BCUT2D eigenvalue weighted by molar-refractivity contribution is 9.10. The van der Waals surface area contributed by atoms with Gasteiger partial charge in [0.05, 0.1) is 5.69 Å². The molecule has 1 aromatic carbocycles. The topological polar surface area (TPSA) is 89.8 Å². The third-order valence-electron chi connectivity index (χ3n) is 3.01. The summed E-state index contributed by atoms with van der Waals surface area (Å²) in [6, 6.07) is 8.65. The molecule has 0 saturated heterocycles. The fourth-order valence-corrected chi connectivity index (χ4v) is 3.81. The second kappa shape index (κ2) is 7.89. The van der Waals surface area contributed by atoms with E-state index in [1.807, 2.05) is 31.2 Å². The van der Waals surface area contributed by atoms with Gasteiger partial charge in [0.25, 0.3) is 5.91 Å². The third-order valence-corrected chi connectivity index (χ3v) is 5.39. The van der Waals surface area contributed by atoms with E-state index in [4.69, 9.17) is 0 Å². The molecule has 2 heterocycles. The molecule has 7 nitrogen and oxygen atoms in total. The van der Waals surface area contributed by atoms with Crippen LogP contribution in [0.1, 0.15) is 17.4 Å². The summed E-state index contributed by atoms with van der Waals surface area (Å²) < 4.78 is 3.15. The van der Waals surface area contributed by atoms with Gasteiger partial charge >= 0.3 is 0 Å². The molecule has 0 spiro atoms. The molecule has 0 bridgehead atoms. The van der Waals surface area contributed by atoms with Crippen molar-refractivity contribution in [3.05, 3.63) is 56.9 Å². The van der Waals surface area contributed by atoms with Gasteiger partial charge in [0, 0.05) is 16.7 Å². The number of rotatable bonds is 5. The summed E-state index contributed by atoms with van der Waals surface area (Å²) in [4.78, 5) is 24.4. The predicted molar refractivity (Wildman–Crippen MR) is 102 cm³/mol. The third kappa shape index (κ3) is 4.33. The normalized spacial score (nSPS) is 10.6. The first-order chi connectivity index (χ1) is 12.1. The van der Waals surface area contributed by atoms with Crippen molar-refractivity contribution in [1.82, 2.24) is 20.0 Å². The lowest BCUT2D eigenvalue weighted by molar-refractivity contribution is 0.101. The summed E-state index contributed by atoms with van der Waals surface area (Å²) in [5, 5.41) is 14.9. The van der Waals surface area contributed by atoms with Crippen LogP contribution in [-0.4, -0.2) is 31.6 Å². The fraction of sp³-hybridized carbons (Fsp3) is 0.133. The molecule has 0 aliphatic rings. The molecule has 25 heavy (non-hydrogen) atoms. The Morgan fingerprint density at radius 1 is 1.28 bits per heavy atom. The zero-order valence-electron chi connectivity index (χ0n) is 13.0. The number of halogens is 1. The highest BCUT2D eigenvalue weighted by Crippen LogP contribution is 2.25. The first-order valence-electron chi connectivity index (χ1n) is 7.20. The van der Waals surface area contributed by atoms with Crippen LogP contribution in [0.4, 0.5) is 5.13 Å². The molecular formula is C15H12BrN5O2S2. The predicted octanol–water partition coefficient (Wildman–Crippen LogP) is 3.21. The number of nitrogens with one attached hydrogen (secondary N) is 1. The van der Waals surface area contributed by atoms with Gasteiger partial charge in [0.15, 0.2) is 10.0 Å². The van der Waals surface area contributed by atoms with E-state index < -0.39 is 11.3 Å². The molecule has 0 atom stereocenters. The van der Waals surface area contributed by atoms with Crippen molar-refractivity contribution in [2.75, 3.05) is 11.1 Å². The minimum absolute atomic E-state index is 0.203. The van der Waals surface area contributed by atoms with Gasteiger partial charge in [-0.05, 0) is 30.0 Å². The molecule has 0 fully saturated rings. The Morgan fingerprint density at radius 2 is 2.04 bits per heavy atom. The number of anilines is 1. The molecule has 1 amide bonds. The number of amides is 1. The van der Waals surface area contributed by atoms with Gasteiger partial charge < -0.3 is 0 Å². The van der Waals surface area contributed by atoms with Crippen LogP contribution in [0.15, 0.2) is 50.1 Å². The van der Waals surface area contributed by atoms with Gasteiger partial charge in [-0.2, -0.15) is 5.10 Å². The number of nitrogens with zero attached hydrogens (tertiary/aromatic N) is 4. The number of carbonyl (C=O) groups is 1. The molecular weight excluding hydrogens is 426 g/mol. The van der Waals surface area contributed by atoms with Crippen LogP contribution in [-0.2, 0) is 0 Å². The highest BCUT2D eigenvalue weighted by atomic mass is 79.9. The number of thioether (sulfide) groups is 1. The minimum atomic E-state index is -0.610. The van der Waals surface area contributed by atoms with E-state index in [-0.39, 0.29) is 5.69 Å². The highest BCUT2D eigenvalue weighted by Gasteiger charge is 2.16. The molecule has 3 rings (SSSR count). The first kappa shape index (κ1) is 17.8. The van der Waals surface area contributed by atoms with Gasteiger partial charge in [-0.25, -0.2) is 4.68 Å². The van der Waals surface area contributed by atoms with Crippen molar-refractivity contribution in [3.63, 3.8) is 0 Å². The number of benzene rings is 1. The first-order valence-corrected chi connectivity index (χ1v) is 9.80. The smallest absolute Gasteiger partial charge is 0.282 e. The number of aromatic nitrogens is 4. The zero-order valence-corrected chi connectivity index (χ0v) is 16.2. The summed E-state index contributed by atoms with van der Waals surface area (Å²) in [6.07, 6.45) is 1.52. The minimum Gasteiger partial charge on any atom is -0.295 e. The van der Waals surface area contributed by atoms with E-state index in [0.717, 1.165) is 20.3 Å². The van der Waals surface area contributed by atoms with Crippen molar-refractivity contribution in [2.45, 2.75) is 11.3 Å². The quantitative estimate of drug-likeness (QED) is 0.486. The van der Waals surface area contributed by atoms with Crippen molar-refractivity contribution in [1.29, 1.82) is 0 Å². The second-order valence-corrected chi connectivity index (χ2v) is 8.11. The summed E-state index contributed by atoms with van der Waals surface area (Å²) >= 11 is 6.15. The Bertz CT molecular complexity index is 955. The van der Waals surface area contributed by atoms with Gasteiger partial charge in [-0.15, -0.1) is 10.2 Å². The van der Waals surface area contributed by atoms with Gasteiger partial charge in [0.2, 0.25) is 10.6 Å². The van der Waals surface area contributed by atoms with Gasteiger partial charge in [-0.3, -0.25) is 14.9 Å². The largest absolute Gasteiger partial charge is 0.295 e. The maximum absolute atomic E-state index is 12.4. The molecule has 3 aromatic rings. The Balaban J connectivity index is 1.85. The van der Waals surface area contributed by atoms with E-state index in [9.17, 15) is 9.59 Å². The standard InChI is InChI=1S/C15H12BrN5O2S2/c1-2-24-15-19-18-14(25-15)17-13(23)12-11(22)7-8-21(20-12)10-5-3-9(16)4-6-10/h3-8H,2H2,1H3,(H,17,18,23). The van der Waals surface area contributed by atoms with Crippen LogP contribution in [0.3, 0.4) is 0 Å². The zero-order chi connectivity index (χ0) is 17.8. The lowest BCUT2D eigenvalue weighted by atomic mass is 10.3. The molecule has 0 aliphatic heterocycles. The monoisotopic (exact) mass is 437 g/mol. The molecule has 1 N–H and O–H groups in total. The Hall–Kier alpha value is -2.04. The van der Waals surface area contributed by atoms with E-state index in [0.29, 0.717) is 5.13 Å². The van der Waals surface area contributed by atoms with Crippen LogP contribution in [0.2, 0.25) is 0 Å². The van der Waals surface area contributed by atoms with Crippen LogP contribution < -0.4 is 10.7 Å². The van der Waals surface area contributed by atoms with E-state index >= 15 is 0 Å².